The molecule has 3 aliphatic rings. The van der Waals surface area contributed by atoms with Crippen LogP contribution in [0.25, 0.3) is 0 Å². The minimum Gasteiger partial charge on any atom is -0.457 e. The van der Waals surface area contributed by atoms with Crippen molar-refractivity contribution in [1.82, 2.24) is 0 Å². The summed E-state index contributed by atoms with van der Waals surface area (Å²) in [6.07, 6.45) is 9.58. The van der Waals surface area contributed by atoms with Crippen LogP contribution in [0.4, 0.5) is 5.69 Å². The molecule has 2 saturated heterocycles. The van der Waals surface area contributed by atoms with Gasteiger partial charge >= 0.3 is 5.97 Å². The second kappa shape index (κ2) is 7.28. The summed E-state index contributed by atoms with van der Waals surface area (Å²) in [7, 11) is 0. The van der Waals surface area contributed by atoms with Gasteiger partial charge in [-0.25, -0.2) is 5.06 Å². The Balaban J connectivity index is 1.48. The zero-order chi connectivity index (χ0) is 18.9. The maximum atomic E-state index is 13.1. The number of hydrogen-bond acceptors (Lipinski definition) is 4. The number of nitrogens with zero attached hydrogens (tertiary/aromatic N) is 1. The molecule has 0 N–H and O–H groups in total. The van der Waals surface area contributed by atoms with Crippen molar-refractivity contribution in [3.63, 3.8) is 0 Å². The molecule has 0 amide bonds. The number of allylic oxidation sites excluding steroid dienone is 3. The maximum absolute atomic E-state index is 13.1. The number of carbonyl (C=O) groups excluding carboxylic acids is 1. The smallest absolute Gasteiger partial charge is 0.314 e. The second-order valence-electron chi connectivity index (χ2n) is 7.61. The lowest BCUT2D eigenvalue weighted by atomic mass is 9.79. The molecule has 5 atom stereocenters. The van der Waals surface area contributed by atoms with E-state index < -0.39 is 0 Å². The van der Waals surface area contributed by atoms with Gasteiger partial charge in [0, 0.05) is 12.3 Å². The summed E-state index contributed by atoms with van der Waals surface area (Å²) >= 11 is 0. The van der Waals surface area contributed by atoms with Gasteiger partial charge in [-0.1, -0.05) is 72.8 Å². The predicted molar refractivity (Wildman–Crippen MR) is 107 cm³/mol. The molecule has 4 nitrogen and oxygen atoms in total. The molecule has 2 heterocycles. The molecule has 0 bridgehead atoms. The van der Waals surface area contributed by atoms with Gasteiger partial charge in [-0.2, -0.15) is 0 Å². The Bertz CT molecular complexity index is 893. The van der Waals surface area contributed by atoms with Gasteiger partial charge in [-0.3, -0.25) is 9.63 Å². The van der Waals surface area contributed by atoms with Crippen LogP contribution in [0.3, 0.4) is 0 Å². The van der Waals surface area contributed by atoms with Gasteiger partial charge in [-0.15, -0.1) is 0 Å². The Kier molecular flexibility index (Phi) is 4.49. The van der Waals surface area contributed by atoms with Crippen LogP contribution >= 0.6 is 0 Å². The quantitative estimate of drug-likeness (QED) is 0.737. The topological polar surface area (TPSA) is 38.8 Å². The zero-order valence-corrected chi connectivity index (χ0v) is 15.6. The van der Waals surface area contributed by atoms with E-state index in [0.717, 1.165) is 17.7 Å². The van der Waals surface area contributed by atoms with E-state index >= 15 is 0 Å². The summed E-state index contributed by atoms with van der Waals surface area (Å²) in [5, 5.41) is 1.96. The summed E-state index contributed by atoms with van der Waals surface area (Å²) in [6.45, 7) is 0. The Labute approximate surface area is 165 Å². The number of rotatable bonds is 3. The lowest BCUT2D eigenvalue weighted by molar-refractivity contribution is -0.167. The minimum atomic E-state index is -0.290. The second-order valence-corrected chi connectivity index (χ2v) is 7.61. The monoisotopic (exact) mass is 373 g/mol. The van der Waals surface area contributed by atoms with Crippen LogP contribution in [0.15, 0.2) is 85.0 Å². The number of hydroxylamine groups is 1. The van der Waals surface area contributed by atoms with Crippen molar-refractivity contribution < 1.29 is 14.4 Å². The molecule has 5 rings (SSSR count). The van der Waals surface area contributed by atoms with Gasteiger partial charge in [0.15, 0.2) is 0 Å². The Morgan fingerprint density at radius 3 is 2.39 bits per heavy atom. The van der Waals surface area contributed by atoms with Crippen molar-refractivity contribution in [2.75, 3.05) is 5.06 Å². The zero-order valence-electron chi connectivity index (χ0n) is 15.6. The fourth-order valence-electron chi connectivity index (χ4n) is 4.58. The molecule has 0 aromatic heterocycles. The fraction of sp³-hybridized carbons (Fsp3) is 0.292. The van der Waals surface area contributed by atoms with Crippen molar-refractivity contribution in [3.8, 4) is 0 Å². The van der Waals surface area contributed by atoms with Crippen LogP contribution in [0.2, 0.25) is 0 Å². The van der Waals surface area contributed by atoms with E-state index in [0.29, 0.717) is 6.42 Å². The molecule has 2 fully saturated rings. The Hall–Kier alpha value is -2.85. The molecule has 0 radical (unpaired) electrons. The molecule has 4 heteroatoms. The molecule has 28 heavy (non-hydrogen) atoms. The first-order valence-corrected chi connectivity index (χ1v) is 9.91. The van der Waals surface area contributed by atoms with Crippen LogP contribution < -0.4 is 5.06 Å². The van der Waals surface area contributed by atoms with E-state index in [1.54, 1.807) is 0 Å². The molecular weight excluding hydrogens is 350 g/mol. The van der Waals surface area contributed by atoms with Gasteiger partial charge in [-0.05, 0) is 24.1 Å². The fourth-order valence-corrected chi connectivity index (χ4v) is 4.58. The number of anilines is 1. The SMILES string of the molecule is O=C1O[C@H](c2ccccc2)C[C@@H]2ON(c3ccccc3)[C@H](C3C=CC=CC3)[C@H]12. The van der Waals surface area contributed by atoms with Crippen LogP contribution in [0.5, 0.6) is 0 Å². The van der Waals surface area contributed by atoms with E-state index in [9.17, 15) is 4.79 Å². The summed E-state index contributed by atoms with van der Waals surface area (Å²) < 4.78 is 5.90. The van der Waals surface area contributed by atoms with Crippen LogP contribution in [0.1, 0.15) is 24.5 Å². The lowest BCUT2D eigenvalue weighted by Gasteiger charge is -2.34. The van der Waals surface area contributed by atoms with E-state index in [1.807, 2.05) is 65.7 Å². The molecule has 1 unspecified atom stereocenters. The number of hydrogen-bond donors (Lipinski definition) is 0. The molecule has 0 saturated carbocycles. The van der Waals surface area contributed by atoms with Crippen molar-refractivity contribution in [3.05, 3.63) is 90.5 Å². The molecular formula is C24H23NO3. The third-order valence-corrected chi connectivity index (χ3v) is 5.90. The number of cyclic esters (lactones) is 1. The highest BCUT2D eigenvalue weighted by Crippen LogP contribution is 2.45. The van der Waals surface area contributed by atoms with Crippen molar-refractivity contribution in [1.29, 1.82) is 0 Å². The summed E-state index contributed by atoms with van der Waals surface area (Å²) in [5.74, 6) is -0.237. The highest BCUT2D eigenvalue weighted by molar-refractivity contribution is 5.77. The van der Waals surface area contributed by atoms with Crippen LogP contribution in [0, 0.1) is 11.8 Å². The van der Waals surface area contributed by atoms with Crippen molar-refractivity contribution in [2.24, 2.45) is 11.8 Å². The van der Waals surface area contributed by atoms with Gasteiger partial charge in [0.25, 0.3) is 0 Å². The first-order chi connectivity index (χ1) is 13.8. The Morgan fingerprint density at radius 2 is 1.68 bits per heavy atom. The third-order valence-electron chi connectivity index (χ3n) is 5.90. The van der Waals surface area contributed by atoms with E-state index in [2.05, 4.69) is 24.3 Å². The van der Waals surface area contributed by atoms with Crippen molar-refractivity contribution >= 4 is 11.7 Å². The number of esters is 1. The molecule has 1 aliphatic carbocycles. The Morgan fingerprint density at radius 1 is 0.929 bits per heavy atom. The first kappa shape index (κ1) is 17.3. The molecule has 2 aromatic rings. The highest BCUT2D eigenvalue weighted by Gasteiger charge is 2.54. The van der Waals surface area contributed by atoms with Crippen LogP contribution in [-0.4, -0.2) is 18.1 Å². The summed E-state index contributed by atoms with van der Waals surface area (Å²) in [5.41, 5.74) is 2.00. The average Bonchev–Trinajstić information content (AvgIpc) is 3.16. The normalized spacial score (nSPS) is 31.5. The lowest BCUT2D eigenvalue weighted by Crippen LogP contribution is -2.45. The van der Waals surface area contributed by atoms with Gasteiger partial charge < -0.3 is 4.74 Å². The van der Waals surface area contributed by atoms with E-state index in [-0.39, 0.29) is 36.1 Å². The molecule has 2 aromatic carbocycles. The van der Waals surface area contributed by atoms with Gasteiger partial charge in [0.2, 0.25) is 0 Å². The number of ether oxygens (including phenoxy) is 1. The third kappa shape index (κ3) is 3.04. The van der Waals surface area contributed by atoms with Crippen molar-refractivity contribution in [2.45, 2.75) is 31.1 Å². The van der Waals surface area contributed by atoms with E-state index in [1.165, 1.54) is 0 Å². The van der Waals surface area contributed by atoms with E-state index in [4.69, 9.17) is 9.57 Å². The predicted octanol–water partition coefficient (Wildman–Crippen LogP) is 4.61. The van der Waals surface area contributed by atoms with Crippen LogP contribution in [-0.2, 0) is 14.4 Å². The number of para-hydroxylation sites is 1. The number of benzene rings is 2. The molecule has 2 aliphatic heterocycles. The van der Waals surface area contributed by atoms with Gasteiger partial charge in [0.05, 0.1) is 11.7 Å². The maximum Gasteiger partial charge on any atom is 0.314 e. The standard InChI is InChI=1S/C24H23NO3/c26-24-22-21(16-20(27-24)17-10-4-1-5-11-17)28-25(19-14-8-3-9-15-19)23(22)18-12-6-2-7-13-18/h1-12,14-15,18,20-23H,13,16H2/t18?,20-,21-,22+,23+/m0/s1. The van der Waals surface area contributed by atoms with Gasteiger partial charge in [0.1, 0.15) is 18.1 Å². The summed E-state index contributed by atoms with van der Waals surface area (Å²) in [4.78, 5) is 19.5. The number of carbonyl (C=O) groups is 1. The highest BCUT2D eigenvalue weighted by atomic mass is 16.7. The summed E-state index contributed by atoms with van der Waals surface area (Å²) in [6, 6.07) is 19.9. The first-order valence-electron chi connectivity index (χ1n) is 9.91. The molecule has 142 valence electrons. The minimum absolute atomic E-state index is 0.0715. The average molecular weight is 373 g/mol. The number of fused-ring (bicyclic) bond motifs is 1. The molecule has 0 spiro atoms. The largest absolute Gasteiger partial charge is 0.457 e.